The fraction of sp³-hybridized carbons (Fsp3) is 0.923. The molecular weight excluding hydrogens is 228 g/mol. The molecule has 3 N–H and O–H groups in total. The molecule has 1 heterocycles. The monoisotopic (exact) mass is 256 g/mol. The lowest BCUT2D eigenvalue weighted by molar-refractivity contribution is 0.0565. The van der Waals surface area contributed by atoms with Crippen LogP contribution in [0.3, 0.4) is 0 Å². The second kappa shape index (κ2) is 6.38. The van der Waals surface area contributed by atoms with E-state index < -0.39 is 0 Å². The van der Waals surface area contributed by atoms with Gasteiger partial charge >= 0.3 is 0 Å². The van der Waals surface area contributed by atoms with Crippen LogP contribution in [0.25, 0.3) is 0 Å². The summed E-state index contributed by atoms with van der Waals surface area (Å²) in [7, 11) is 0. The van der Waals surface area contributed by atoms with Gasteiger partial charge in [0.05, 0.1) is 5.54 Å². The molecule has 0 aliphatic carbocycles. The smallest absolute Gasteiger partial charge is 0.159 e. The molecule has 0 radical (unpaired) electrons. The summed E-state index contributed by atoms with van der Waals surface area (Å²) in [6.45, 7) is 12.6. The van der Waals surface area contributed by atoms with Crippen LogP contribution in [0.1, 0.15) is 40.5 Å². The third-order valence-electron chi connectivity index (χ3n) is 4.30. The van der Waals surface area contributed by atoms with E-state index in [0.717, 1.165) is 26.2 Å². The summed E-state index contributed by atoms with van der Waals surface area (Å²) in [5, 5.41) is 12.0. The minimum Gasteiger partial charge on any atom is -0.409 e. The van der Waals surface area contributed by atoms with Crippen LogP contribution in [0.15, 0.2) is 5.16 Å². The average Bonchev–Trinajstić information content (AvgIpc) is 2.39. The van der Waals surface area contributed by atoms with Crippen molar-refractivity contribution in [2.24, 2.45) is 10.9 Å². The summed E-state index contributed by atoms with van der Waals surface area (Å²) in [6, 6.07) is 0.694. The fourth-order valence-electron chi connectivity index (χ4n) is 2.74. The van der Waals surface area contributed by atoms with E-state index in [1.165, 1.54) is 12.8 Å². The Labute approximate surface area is 111 Å². The first-order valence-corrected chi connectivity index (χ1v) is 6.94. The Kier molecular flexibility index (Phi) is 5.41. The van der Waals surface area contributed by atoms with Gasteiger partial charge in [-0.2, -0.15) is 0 Å². The van der Waals surface area contributed by atoms with Gasteiger partial charge in [0.15, 0.2) is 5.84 Å². The molecule has 0 atom stereocenters. The molecule has 0 aromatic carbocycles. The Hall–Kier alpha value is -0.810. The molecule has 1 aliphatic heterocycles. The number of nitrogens with zero attached hydrogens (tertiary/aromatic N) is 3. The SMILES string of the molecule is CCC(CC)N1CCN(C(C)(C)C(N)=NO)CC1. The number of amidine groups is 1. The standard InChI is InChI=1S/C13H28N4O/c1-5-11(6-2)16-7-9-17(10-8-16)13(3,4)12(14)15-18/h11,18H,5-10H2,1-4H3,(H2,14,15). The van der Waals surface area contributed by atoms with Gasteiger partial charge in [-0.25, -0.2) is 0 Å². The molecule has 0 aromatic heterocycles. The zero-order chi connectivity index (χ0) is 13.8. The van der Waals surface area contributed by atoms with Crippen molar-refractivity contribution in [2.75, 3.05) is 26.2 Å². The summed E-state index contributed by atoms with van der Waals surface area (Å²) in [6.07, 6.45) is 2.42. The third-order valence-corrected chi connectivity index (χ3v) is 4.30. The van der Waals surface area contributed by atoms with Crippen molar-refractivity contribution in [1.29, 1.82) is 0 Å². The number of rotatable bonds is 5. The maximum absolute atomic E-state index is 8.84. The first-order valence-electron chi connectivity index (χ1n) is 6.94. The van der Waals surface area contributed by atoms with Gasteiger partial charge in [0.2, 0.25) is 0 Å². The molecule has 18 heavy (non-hydrogen) atoms. The van der Waals surface area contributed by atoms with Crippen LogP contribution < -0.4 is 5.73 Å². The molecule has 0 aromatic rings. The molecule has 106 valence electrons. The highest BCUT2D eigenvalue weighted by Crippen LogP contribution is 2.19. The van der Waals surface area contributed by atoms with E-state index in [0.29, 0.717) is 11.9 Å². The van der Waals surface area contributed by atoms with Crippen molar-refractivity contribution in [3.05, 3.63) is 0 Å². The van der Waals surface area contributed by atoms with E-state index in [1.54, 1.807) is 0 Å². The average molecular weight is 256 g/mol. The summed E-state index contributed by atoms with van der Waals surface area (Å²) >= 11 is 0. The summed E-state index contributed by atoms with van der Waals surface area (Å²) in [5.74, 6) is 0.290. The van der Waals surface area contributed by atoms with Crippen molar-refractivity contribution in [2.45, 2.75) is 52.1 Å². The zero-order valence-electron chi connectivity index (χ0n) is 12.2. The number of nitrogens with two attached hydrogens (primary N) is 1. The molecule has 1 aliphatic rings. The Morgan fingerprint density at radius 2 is 1.72 bits per heavy atom. The highest BCUT2D eigenvalue weighted by Gasteiger charge is 2.34. The van der Waals surface area contributed by atoms with E-state index in [9.17, 15) is 0 Å². The van der Waals surface area contributed by atoms with Gasteiger partial charge in [0.1, 0.15) is 0 Å². The maximum atomic E-state index is 8.84. The normalized spacial score (nSPS) is 20.6. The summed E-state index contributed by atoms with van der Waals surface area (Å²) in [5.41, 5.74) is 5.41. The quantitative estimate of drug-likeness (QED) is 0.337. The van der Waals surface area contributed by atoms with Crippen LogP contribution >= 0.6 is 0 Å². The van der Waals surface area contributed by atoms with Gasteiger partial charge in [0, 0.05) is 32.2 Å². The van der Waals surface area contributed by atoms with Crippen LogP contribution in [0.4, 0.5) is 0 Å². The molecule has 5 nitrogen and oxygen atoms in total. The van der Waals surface area contributed by atoms with Crippen LogP contribution in [0.5, 0.6) is 0 Å². The van der Waals surface area contributed by atoms with E-state index in [4.69, 9.17) is 10.9 Å². The molecule has 1 rings (SSSR count). The van der Waals surface area contributed by atoms with Gasteiger partial charge in [-0.05, 0) is 26.7 Å². The number of piperazine rings is 1. The molecule has 0 amide bonds. The van der Waals surface area contributed by atoms with Crippen molar-refractivity contribution >= 4 is 5.84 Å². The van der Waals surface area contributed by atoms with E-state index >= 15 is 0 Å². The topological polar surface area (TPSA) is 65.1 Å². The largest absolute Gasteiger partial charge is 0.409 e. The third kappa shape index (κ3) is 3.14. The molecule has 5 heteroatoms. The van der Waals surface area contributed by atoms with Crippen LogP contribution in [0.2, 0.25) is 0 Å². The van der Waals surface area contributed by atoms with Crippen LogP contribution in [0, 0.1) is 0 Å². The molecule has 0 unspecified atom stereocenters. The van der Waals surface area contributed by atoms with Crippen LogP contribution in [-0.4, -0.2) is 58.6 Å². The van der Waals surface area contributed by atoms with E-state index in [1.807, 2.05) is 13.8 Å². The highest BCUT2D eigenvalue weighted by molar-refractivity contribution is 5.88. The Bertz CT molecular complexity index is 279. The zero-order valence-corrected chi connectivity index (χ0v) is 12.2. The van der Waals surface area contributed by atoms with Crippen LogP contribution in [-0.2, 0) is 0 Å². The predicted molar refractivity (Wildman–Crippen MR) is 75.0 cm³/mol. The Morgan fingerprint density at radius 3 is 2.11 bits per heavy atom. The van der Waals surface area contributed by atoms with Crippen molar-refractivity contribution in [1.82, 2.24) is 9.80 Å². The molecule has 0 bridgehead atoms. The number of hydrogen-bond acceptors (Lipinski definition) is 4. The second-order valence-electron chi connectivity index (χ2n) is 5.54. The maximum Gasteiger partial charge on any atom is 0.159 e. The second-order valence-corrected chi connectivity index (χ2v) is 5.54. The molecule has 1 fully saturated rings. The van der Waals surface area contributed by atoms with Gasteiger partial charge in [0.25, 0.3) is 0 Å². The van der Waals surface area contributed by atoms with Crippen molar-refractivity contribution < 1.29 is 5.21 Å². The van der Waals surface area contributed by atoms with Gasteiger partial charge in [-0.1, -0.05) is 19.0 Å². The first-order chi connectivity index (χ1) is 8.47. The first kappa shape index (κ1) is 15.2. The minimum absolute atomic E-state index is 0.290. The molecule has 0 spiro atoms. The fourth-order valence-corrected chi connectivity index (χ4v) is 2.74. The number of hydrogen-bond donors (Lipinski definition) is 2. The highest BCUT2D eigenvalue weighted by atomic mass is 16.4. The Morgan fingerprint density at radius 1 is 1.22 bits per heavy atom. The van der Waals surface area contributed by atoms with E-state index in [-0.39, 0.29) is 5.54 Å². The predicted octanol–water partition coefficient (Wildman–Crippen LogP) is 1.32. The van der Waals surface area contributed by atoms with E-state index in [2.05, 4.69) is 28.8 Å². The summed E-state index contributed by atoms with van der Waals surface area (Å²) in [4.78, 5) is 4.85. The lowest BCUT2D eigenvalue weighted by Gasteiger charge is -2.45. The number of oxime groups is 1. The van der Waals surface area contributed by atoms with Gasteiger partial charge in [-0.15, -0.1) is 0 Å². The minimum atomic E-state index is -0.366. The lowest BCUT2D eigenvalue weighted by Crippen LogP contribution is -2.60. The molecule has 0 saturated carbocycles. The van der Waals surface area contributed by atoms with Crippen molar-refractivity contribution in [3.8, 4) is 0 Å². The van der Waals surface area contributed by atoms with Gasteiger partial charge < -0.3 is 10.9 Å². The molecular formula is C13H28N4O. The van der Waals surface area contributed by atoms with Crippen molar-refractivity contribution in [3.63, 3.8) is 0 Å². The lowest BCUT2D eigenvalue weighted by atomic mass is 9.99. The summed E-state index contributed by atoms with van der Waals surface area (Å²) < 4.78 is 0. The Balaban J connectivity index is 2.59. The molecule has 1 saturated heterocycles. The van der Waals surface area contributed by atoms with Gasteiger partial charge in [-0.3, -0.25) is 9.80 Å².